The lowest BCUT2D eigenvalue weighted by atomic mass is 10.1. The number of hydrogen-bond donors (Lipinski definition) is 1. The number of benzene rings is 2. The van der Waals surface area contributed by atoms with Crippen LogP contribution in [0.1, 0.15) is 23.1 Å². The Labute approximate surface area is 146 Å². The van der Waals surface area contributed by atoms with Gasteiger partial charge in [-0.05, 0) is 30.2 Å². The molecule has 2 aromatic rings. The van der Waals surface area contributed by atoms with Crippen LogP contribution in [0.4, 0.5) is 0 Å². The zero-order valence-corrected chi connectivity index (χ0v) is 14.1. The van der Waals surface area contributed by atoms with E-state index in [2.05, 4.69) is 12.1 Å². The highest BCUT2D eigenvalue weighted by Gasteiger charge is 2.33. The number of aliphatic carboxylic acids is 1. The Balaban J connectivity index is 1.54. The molecule has 0 spiro atoms. The second kappa shape index (κ2) is 7.38. The van der Waals surface area contributed by atoms with Gasteiger partial charge in [0.1, 0.15) is 12.4 Å². The Hall–Kier alpha value is -2.82. The lowest BCUT2D eigenvalue weighted by Gasteiger charge is -2.16. The molecule has 1 amide bonds. The van der Waals surface area contributed by atoms with Gasteiger partial charge >= 0.3 is 5.97 Å². The van der Waals surface area contributed by atoms with Gasteiger partial charge in [0.25, 0.3) is 0 Å². The van der Waals surface area contributed by atoms with E-state index in [1.807, 2.05) is 43.3 Å². The zero-order valence-electron chi connectivity index (χ0n) is 14.1. The Bertz CT molecular complexity index is 752. The largest absolute Gasteiger partial charge is 0.489 e. The molecule has 0 aromatic heterocycles. The number of likely N-dealkylation sites (tertiary alicyclic amines) is 1. The summed E-state index contributed by atoms with van der Waals surface area (Å²) in [6.07, 6.45) is 0.0904. The molecule has 5 heteroatoms. The first-order valence-corrected chi connectivity index (χ1v) is 8.29. The summed E-state index contributed by atoms with van der Waals surface area (Å²) in [5.74, 6) is -0.840. The fraction of sp³-hybridized carbons (Fsp3) is 0.300. The van der Waals surface area contributed by atoms with Gasteiger partial charge in [0.2, 0.25) is 5.91 Å². The van der Waals surface area contributed by atoms with Crippen LogP contribution < -0.4 is 4.74 Å². The number of carboxylic acids is 1. The van der Waals surface area contributed by atoms with Crippen LogP contribution >= 0.6 is 0 Å². The van der Waals surface area contributed by atoms with Crippen molar-refractivity contribution in [1.82, 2.24) is 4.90 Å². The van der Waals surface area contributed by atoms with Crippen molar-refractivity contribution in [2.75, 3.05) is 6.54 Å². The first-order chi connectivity index (χ1) is 12.0. The molecular weight excluding hydrogens is 318 g/mol. The van der Waals surface area contributed by atoms with Crippen LogP contribution in [0, 0.1) is 12.8 Å². The minimum atomic E-state index is -0.907. The topological polar surface area (TPSA) is 66.8 Å². The van der Waals surface area contributed by atoms with Crippen LogP contribution in [0.2, 0.25) is 0 Å². The molecule has 130 valence electrons. The van der Waals surface area contributed by atoms with E-state index in [1.54, 1.807) is 4.90 Å². The molecule has 2 aromatic carbocycles. The maximum Gasteiger partial charge on any atom is 0.308 e. The van der Waals surface area contributed by atoms with Crippen molar-refractivity contribution in [2.45, 2.75) is 26.5 Å². The fourth-order valence-electron chi connectivity index (χ4n) is 2.85. The zero-order chi connectivity index (χ0) is 17.8. The van der Waals surface area contributed by atoms with Gasteiger partial charge in [-0.2, -0.15) is 0 Å². The first-order valence-electron chi connectivity index (χ1n) is 8.29. The fourth-order valence-corrected chi connectivity index (χ4v) is 2.85. The number of carboxylic acid groups (broad SMARTS) is 1. The quantitative estimate of drug-likeness (QED) is 0.878. The molecule has 0 radical (unpaired) electrons. The van der Waals surface area contributed by atoms with E-state index in [1.165, 1.54) is 5.56 Å². The van der Waals surface area contributed by atoms with Gasteiger partial charge in [0.15, 0.2) is 0 Å². The summed E-state index contributed by atoms with van der Waals surface area (Å²) in [6, 6.07) is 15.8. The van der Waals surface area contributed by atoms with Crippen molar-refractivity contribution in [3.63, 3.8) is 0 Å². The summed E-state index contributed by atoms with van der Waals surface area (Å²) in [5.41, 5.74) is 3.29. The van der Waals surface area contributed by atoms with E-state index in [0.717, 1.165) is 16.9 Å². The third kappa shape index (κ3) is 4.38. The van der Waals surface area contributed by atoms with E-state index in [4.69, 9.17) is 9.84 Å². The van der Waals surface area contributed by atoms with Gasteiger partial charge in [0, 0.05) is 19.5 Å². The third-order valence-electron chi connectivity index (χ3n) is 4.39. The summed E-state index contributed by atoms with van der Waals surface area (Å²) >= 11 is 0. The summed E-state index contributed by atoms with van der Waals surface area (Å²) in [7, 11) is 0. The molecule has 0 saturated carbocycles. The molecule has 1 saturated heterocycles. The number of ether oxygens (including phenoxy) is 1. The molecule has 1 aliphatic heterocycles. The maximum atomic E-state index is 11.9. The van der Waals surface area contributed by atoms with Crippen molar-refractivity contribution >= 4 is 11.9 Å². The first kappa shape index (κ1) is 17.0. The molecule has 1 aliphatic rings. The van der Waals surface area contributed by atoms with Crippen molar-refractivity contribution < 1.29 is 19.4 Å². The molecule has 1 N–H and O–H groups in total. The molecular formula is C20H21NO4. The predicted octanol–water partition coefficient (Wildman–Crippen LogP) is 3.01. The molecule has 1 unspecified atom stereocenters. The predicted molar refractivity (Wildman–Crippen MR) is 93.1 cm³/mol. The lowest BCUT2D eigenvalue weighted by molar-refractivity contribution is -0.141. The van der Waals surface area contributed by atoms with Crippen molar-refractivity contribution in [1.29, 1.82) is 0 Å². The van der Waals surface area contributed by atoms with Crippen molar-refractivity contribution in [3.05, 3.63) is 65.2 Å². The van der Waals surface area contributed by atoms with Gasteiger partial charge in [-0.1, -0.05) is 42.0 Å². The van der Waals surface area contributed by atoms with Crippen LogP contribution in [0.25, 0.3) is 0 Å². The summed E-state index contributed by atoms with van der Waals surface area (Å²) < 4.78 is 5.77. The normalized spacial score (nSPS) is 16.9. The number of nitrogens with zero attached hydrogens (tertiary/aromatic N) is 1. The molecule has 3 rings (SSSR count). The highest BCUT2D eigenvalue weighted by Crippen LogP contribution is 2.21. The van der Waals surface area contributed by atoms with Gasteiger partial charge in [-0.15, -0.1) is 0 Å². The average molecular weight is 339 g/mol. The smallest absolute Gasteiger partial charge is 0.308 e. The SMILES string of the molecule is Cc1ccc(COc2ccc(CN3CC(C(=O)O)CC3=O)cc2)cc1. The van der Waals surface area contributed by atoms with Crippen LogP contribution in [-0.2, 0) is 22.7 Å². The van der Waals surface area contributed by atoms with Crippen LogP contribution in [-0.4, -0.2) is 28.4 Å². The Morgan fingerprint density at radius 3 is 2.36 bits per heavy atom. The van der Waals surface area contributed by atoms with E-state index in [-0.39, 0.29) is 18.9 Å². The van der Waals surface area contributed by atoms with E-state index >= 15 is 0 Å². The summed E-state index contributed by atoms with van der Waals surface area (Å²) in [6.45, 7) is 3.26. The Morgan fingerprint density at radius 1 is 1.12 bits per heavy atom. The molecule has 0 aliphatic carbocycles. The standard InChI is InChI=1S/C20H21NO4/c1-14-2-4-16(5-3-14)13-25-18-8-6-15(7-9-18)11-21-12-17(20(23)24)10-19(21)22/h2-9,17H,10-13H2,1H3,(H,23,24). The van der Waals surface area contributed by atoms with Crippen LogP contribution in [0.3, 0.4) is 0 Å². The minimum absolute atomic E-state index is 0.0904. The Morgan fingerprint density at radius 2 is 1.76 bits per heavy atom. The third-order valence-corrected chi connectivity index (χ3v) is 4.39. The van der Waals surface area contributed by atoms with Gasteiger partial charge in [-0.3, -0.25) is 9.59 Å². The van der Waals surface area contributed by atoms with Gasteiger partial charge < -0.3 is 14.7 Å². The summed E-state index contributed by atoms with van der Waals surface area (Å²) in [5, 5.41) is 9.02. The molecule has 1 fully saturated rings. The molecule has 0 bridgehead atoms. The van der Waals surface area contributed by atoms with E-state index in [0.29, 0.717) is 13.2 Å². The number of rotatable bonds is 6. The number of hydrogen-bond acceptors (Lipinski definition) is 3. The average Bonchev–Trinajstić information content (AvgIpc) is 2.97. The van der Waals surface area contributed by atoms with Crippen LogP contribution in [0.5, 0.6) is 5.75 Å². The van der Waals surface area contributed by atoms with Gasteiger partial charge in [0.05, 0.1) is 5.92 Å². The lowest BCUT2D eigenvalue weighted by Crippen LogP contribution is -2.25. The highest BCUT2D eigenvalue weighted by molar-refractivity contribution is 5.86. The van der Waals surface area contributed by atoms with E-state index < -0.39 is 11.9 Å². The monoisotopic (exact) mass is 339 g/mol. The van der Waals surface area contributed by atoms with E-state index in [9.17, 15) is 9.59 Å². The number of aryl methyl sites for hydroxylation is 1. The molecule has 25 heavy (non-hydrogen) atoms. The molecule has 5 nitrogen and oxygen atoms in total. The second-order valence-electron chi connectivity index (χ2n) is 6.43. The maximum absolute atomic E-state index is 11.9. The number of carbonyl (C=O) groups excluding carboxylic acids is 1. The number of amides is 1. The minimum Gasteiger partial charge on any atom is -0.489 e. The van der Waals surface area contributed by atoms with Gasteiger partial charge in [-0.25, -0.2) is 0 Å². The van der Waals surface area contributed by atoms with Crippen molar-refractivity contribution in [2.24, 2.45) is 5.92 Å². The van der Waals surface area contributed by atoms with Crippen molar-refractivity contribution in [3.8, 4) is 5.75 Å². The Kier molecular flexibility index (Phi) is 5.03. The van der Waals surface area contributed by atoms with Crippen LogP contribution in [0.15, 0.2) is 48.5 Å². The molecule has 1 atom stereocenters. The molecule has 1 heterocycles. The summed E-state index contributed by atoms with van der Waals surface area (Å²) in [4.78, 5) is 24.5. The number of carbonyl (C=O) groups is 2. The highest BCUT2D eigenvalue weighted by atomic mass is 16.5. The second-order valence-corrected chi connectivity index (χ2v) is 6.43.